The zero-order valence-electron chi connectivity index (χ0n) is 15.0. The van der Waals surface area contributed by atoms with Crippen LogP contribution in [0.15, 0.2) is 53.7 Å². The van der Waals surface area contributed by atoms with Gasteiger partial charge in [-0.25, -0.2) is 12.8 Å². The van der Waals surface area contributed by atoms with Crippen molar-refractivity contribution >= 4 is 21.8 Å². The smallest absolute Gasteiger partial charge is 0.309 e. The molecule has 7 nitrogen and oxygen atoms in total. The van der Waals surface area contributed by atoms with Gasteiger partial charge >= 0.3 is 5.97 Å². The lowest BCUT2D eigenvalue weighted by Gasteiger charge is -2.29. The maximum absolute atomic E-state index is 12.9. The number of aromatic nitrogens is 1. The van der Waals surface area contributed by atoms with Crippen LogP contribution in [0.1, 0.15) is 23.2 Å². The molecule has 0 aliphatic carbocycles. The van der Waals surface area contributed by atoms with Gasteiger partial charge in [0, 0.05) is 31.0 Å². The van der Waals surface area contributed by atoms with Gasteiger partial charge < -0.3 is 4.74 Å². The van der Waals surface area contributed by atoms with Crippen LogP contribution in [0, 0.1) is 11.7 Å². The number of Topliss-reactive ketones (excluding diaryl/α,β-unsaturated/α-hetero) is 1. The van der Waals surface area contributed by atoms with Crippen LogP contribution in [-0.2, 0) is 19.6 Å². The fraction of sp³-hybridized carbons (Fsp3) is 0.316. The molecule has 1 aromatic heterocycles. The number of pyridine rings is 1. The maximum atomic E-state index is 12.9. The average Bonchev–Trinajstić information content (AvgIpc) is 2.73. The Bertz CT molecular complexity index is 940. The second kappa shape index (κ2) is 8.57. The molecule has 0 amide bonds. The lowest BCUT2D eigenvalue weighted by atomic mass is 9.98. The molecule has 1 saturated heterocycles. The molecular weight excluding hydrogens is 387 g/mol. The topological polar surface area (TPSA) is 93.6 Å². The van der Waals surface area contributed by atoms with Crippen molar-refractivity contribution in [2.24, 2.45) is 5.92 Å². The number of esters is 1. The highest BCUT2D eigenvalue weighted by molar-refractivity contribution is 7.89. The van der Waals surface area contributed by atoms with E-state index in [4.69, 9.17) is 4.74 Å². The Morgan fingerprint density at radius 2 is 1.82 bits per heavy atom. The van der Waals surface area contributed by atoms with Crippen LogP contribution < -0.4 is 0 Å². The fourth-order valence-electron chi connectivity index (χ4n) is 2.95. The van der Waals surface area contributed by atoms with E-state index in [1.165, 1.54) is 34.9 Å². The van der Waals surface area contributed by atoms with E-state index >= 15 is 0 Å². The van der Waals surface area contributed by atoms with Crippen molar-refractivity contribution < 1.29 is 27.1 Å². The number of carbonyl (C=O) groups excluding carboxylic acids is 2. The summed E-state index contributed by atoms with van der Waals surface area (Å²) in [6, 6.07) is 8.00. The van der Waals surface area contributed by atoms with Gasteiger partial charge in [0.2, 0.25) is 10.0 Å². The van der Waals surface area contributed by atoms with Gasteiger partial charge in [-0.05, 0) is 49.2 Å². The summed E-state index contributed by atoms with van der Waals surface area (Å²) < 4.78 is 44.4. The van der Waals surface area contributed by atoms with E-state index in [0.29, 0.717) is 12.8 Å². The number of piperidine rings is 1. The lowest BCUT2D eigenvalue weighted by Crippen LogP contribution is -2.40. The fourth-order valence-corrected chi connectivity index (χ4v) is 4.39. The normalized spacial score (nSPS) is 15.9. The van der Waals surface area contributed by atoms with Crippen molar-refractivity contribution in [2.75, 3.05) is 19.7 Å². The zero-order valence-corrected chi connectivity index (χ0v) is 15.8. The SMILES string of the molecule is O=C(COC(=O)C1CCN(S(=O)(=O)c2cccnc2)CC1)c1ccc(F)cc1. The van der Waals surface area contributed by atoms with Gasteiger partial charge in [0.05, 0.1) is 5.92 Å². The lowest BCUT2D eigenvalue weighted by molar-refractivity contribution is -0.148. The number of nitrogens with zero attached hydrogens (tertiary/aromatic N) is 2. The minimum absolute atomic E-state index is 0.112. The van der Waals surface area contributed by atoms with E-state index < -0.39 is 40.1 Å². The molecule has 1 aliphatic rings. The molecule has 0 N–H and O–H groups in total. The maximum Gasteiger partial charge on any atom is 0.309 e. The van der Waals surface area contributed by atoms with Crippen molar-refractivity contribution in [2.45, 2.75) is 17.7 Å². The second-order valence-corrected chi connectivity index (χ2v) is 8.34. The summed E-state index contributed by atoms with van der Waals surface area (Å²) in [5.74, 6) is -1.89. The molecule has 2 aromatic rings. The van der Waals surface area contributed by atoms with Crippen LogP contribution in [-0.4, -0.2) is 49.2 Å². The third-order valence-corrected chi connectivity index (χ3v) is 6.45. The number of sulfonamides is 1. The third kappa shape index (κ3) is 4.60. The third-order valence-electron chi connectivity index (χ3n) is 4.57. The highest BCUT2D eigenvalue weighted by Crippen LogP contribution is 2.24. The molecule has 1 aromatic carbocycles. The van der Waals surface area contributed by atoms with Crippen LogP contribution in [0.4, 0.5) is 4.39 Å². The number of carbonyl (C=O) groups is 2. The second-order valence-electron chi connectivity index (χ2n) is 6.40. The highest BCUT2D eigenvalue weighted by Gasteiger charge is 2.33. The van der Waals surface area contributed by atoms with Gasteiger partial charge in [-0.3, -0.25) is 14.6 Å². The highest BCUT2D eigenvalue weighted by atomic mass is 32.2. The molecule has 0 radical (unpaired) electrons. The largest absolute Gasteiger partial charge is 0.457 e. The van der Waals surface area contributed by atoms with E-state index in [1.807, 2.05) is 0 Å². The molecule has 1 aliphatic heterocycles. The first-order valence-electron chi connectivity index (χ1n) is 8.73. The Hall–Kier alpha value is -2.65. The molecule has 9 heteroatoms. The number of rotatable bonds is 6. The van der Waals surface area contributed by atoms with Crippen LogP contribution in [0.25, 0.3) is 0 Å². The van der Waals surface area contributed by atoms with Crippen LogP contribution in [0.3, 0.4) is 0 Å². The van der Waals surface area contributed by atoms with E-state index in [-0.39, 0.29) is 23.5 Å². The Kier molecular flexibility index (Phi) is 6.15. The van der Waals surface area contributed by atoms with Crippen molar-refractivity contribution in [3.05, 3.63) is 60.2 Å². The predicted molar refractivity (Wildman–Crippen MR) is 97.4 cm³/mol. The predicted octanol–water partition coefficient (Wildman–Crippen LogP) is 2.05. The van der Waals surface area contributed by atoms with Crippen molar-refractivity contribution in [1.82, 2.24) is 9.29 Å². The molecule has 1 fully saturated rings. The summed E-state index contributed by atoms with van der Waals surface area (Å²) >= 11 is 0. The van der Waals surface area contributed by atoms with Gasteiger partial charge in [-0.1, -0.05) is 0 Å². The number of ketones is 1. The summed E-state index contributed by atoms with van der Waals surface area (Å²) in [6.07, 6.45) is 3.40. The Morgan fingerprint density at radius 1 is 1.14 bits per heavy atom. The van der Waals surface area contributed by atoms with E-state index in [2.05, 4.69) is 4.98 Å². The van der Waals surface area contributed by atoms with Crippen molar-refractivity contribution in [3.63, 3.8) is 0 Å². The molecule has 3 rings (SSSR count). The summed E-state index contributed by atoms with van der Waals surface area (Å²) in [6.45, 7) is -0.0650. The number of halogens is 1. The van der Waals surface area contributed by atoms with Crippen molar-refractivity contribution in [3.8, 4) is 0 Å². The zero-order chi connectivity index (χ0) is 20.1. The first-order valence-corrected chi connectivity index (χ1v) is 10.2. The monoisotopic (exact) mass is 406 g/mol. The quantitative estimate of drug-likeness (QED) is 0.538. The Labute approximate surface area is 162 Å². The van der Waals surface area contributed by atoms with Gasteiger partial charge in [0.15, 0.2) is 12.4 Å². The molecular formula is C19H19FN2O5S. The Balaban J connectivity index is 1.51. The number of benzene rings is 1. The van der Waals surface area contributed by atoms with Gasteiger partial charge in [-0.2, -0.15) is 4.31 Å². The van der Waals surface area contributed by atoms with E-state index in [0.717, 1.165) is 12.1 Å². The summed E-state index contributed by atoms with van der Waals surface area (Å²) in [4.78, 5) is 28.1. The van der Waals surface area contributed by atoms with Crippen molar-refractivity contribution in [1.29, 1.82) is 0 Å². The first kappa shape index (κ1) is 20.1. The average molecular weight is 406 g/mol. The molecule has 0 saturated carbocycles. The van der Waals surface area contributed by atoms with E-state index in [1.54, 1.807) is 6.07 Å². The molecule has 0 atom stereocenters. The molecule has 148 valence electrons. The van der Waals surface area contributed by atoms with Gasteiger partial charge in [0.1, 0.15) is 10.7 Å². The minimum atomic E-state index is -3.64. The summed E-state index contributed by atoms with van der Waals surface area (Å²) in [7, 11) is -3.64. The summed E-state index contributed by atoms with van der Waals surface area (Å²) in [5, 5.41) is 0. The minimum Gasteiger partial charge on any atom is -0.457 e. The number of ether oxygens (including phenoxy) is 1. The van der Waals surface area contributed by atoms with E-state index in [9.17, 15) is 22.4 Å². The van der Waals surface area contributed by atoms with Crippen LogP contribution >= 0.6 is 0 Å². The number of hydrogen-bond acceptors (Lipinski definition) is 6. The van der Waals surface area contributed by atoms with Gasteiger partial charge in [-0.15, -0.1) is 0 Å². The standard InChI is InChI=1S/C19H19FN2O5S/c20-16-5-3-14(4-6-16)18(23)13-27-19(24)15-7-10-22(11-8-15)28(25,26)17-2-1-9-21-12-17/h1-6,9,12,15H,7-8,10-11,13H2. The van der Waals surface area contributed by atoms with Crippen LogP contribution in [0.5, 0.6) is 0 Å². The van der Waals surface area contributed by atoms with Crippen LogP contribution in [0.2, 0.25) is 0 Å². The molecule has 28 heavy (non-hydrogen) atoms. The first-order chi connectivity index (χ1) is 13.4. The Morgan fingerprint density at radius 3 is 2.43 bits per heavy atom. The summed E-state index contributed by atoms with van der Waals surface area (Å²) in [5.41, 5.74) is 0.256. The van der Waals surface area contributed by atoms with Gasteiger partial charge in [0.25, 0.3) is 0 Å². The molecule has 0 bridgehead atoms. The molecule has 0 unspecified atom stereocenters. The number of hydrogen-bond donors (Lipinski definition) is 0. The molecule has 0 spiro atoms. The molecule has 2 heterocycles.